The van der Waals surface area contributed by atoms with Gasteiger partial charge in [0, 0.05) is 5.25 Å². The lowest BCUT2D eigenvalue weighted by Crippen LogP contribution is -2.13. The normalized spacial score (nSPS) is 15.3. The third-order valence-electron chi connectivity index (χ3n) is 0.779. The minimum atomic E-state index is -4.01. The fraction of sp³-hybridized carbons (Fsp3) is 1.00. The Morgan fingerprint density at radius 1 is 1.40 bits per heavy atom. The van der Waals surface area contributed by atoms with Crippen LogP contribution < -0.4 is 0 Å². The summed E-state index contributed by atoms with van der Waals surface area (Å²) in [5, 5.41) is -0.338. The summed E-state index contributed by atoms with van der Waals surface area (Å²) in [7, 11) is 2.62. The first-order valence-corrected chi connectivity index (χ1v) is 5.34. The maximum Gasteiger partial charge on any atom is 0.390 e. The van der Waals surface area contributed by atoms with Crippen LogP contribution in [-0.4, -0.2) is 17.7 Å². The van der Waals surface area contributed by atoms with Crippen molar-refractivity contribution in [1.82, 2.24) is 0 Å². The van der Waals surface area contributed by atoms with E-state index in [1.165, 1.54) is 21.6 Å². The van der Waals surface area contributed by atoms with Crippen LogP contribution in [-0.2, 0) is 0 Å². The summed E-state index contributed by atoms with van der Waals surface area (Å²) in [6, 6.07) is 0. The highest BCUT2D eigenvalue weighted by atomic mass is 33.1. The average molecular weight is 190 g/mol. The molecule has 0 rings (SSSR count). The molecule has 1 unspecified atom stereocenters. The van der Waals surface area contributed by atoms with Crippen LogP contribution in [0.15, 0.2) is 0 Å². The van der Waals surface area contributed by atoms with Crippen molar-refractivity contribution in [3.63, 3.8) is 0 Å². The second-order valence-corrected chi connectivity index (χ2v) is 4.80. The van der Waals surface area contributed by atoms with Crippen molar-refractivity contribution in [3.8, 4) is 0 Å². The van der Waals surface area contributed by atoms with Crippen molar-refractivity contribution >= 4 is 21.6 Å². The van der Waals surface area contributed by atoms with E-state index in [4.69, 9.17) is 0 Å². The highest BCUT2D eigenvalue weighted by Crippen LogP contribution is 2.32. The molecule has 0 spiro atoms. The predicted molar refractivity (Wildman–Crippen MR) is 41.2 cm³/mol. The van der Waals surface area contributed by atoms with Crippen molar-refractivity contribution in [2.45, 2.75) is 24.8 Å². The minimum Gasteiger partial charge on any atom is -0.171 e. The van der Waals surface area contributed by atoms with Crippen molar-refractivity contribution < 1.29 is 13.2 Å². The predicted octanol–water partition coefficient (Wildman–Crippen LogP) is 3.34. The van der Waals surface area contributed by atoms with Crippen molar-refractivity contribution in [2.24, 2.45) is 0 Å². The molecule has 0 saturated heterocycles. The van der Waals surface area contributed by atoms with Crippen LogP contribution in [0.2, 0.25) is 0 Å². The fourth-order valence-electron chi connectivity index (χ4n) is 0.524. The summed E-state index contributed by atoms with van der Waals surface area (Å²) >= 11 is 0. The molecular weight excluding hydrogens is 181 g/mol. The first-order chi connectivity index (χ1) is 4.45. The molecule has 1 atom stereocenters. The third-order valence-corrected chi connectivity index (χ3v) is 3.03. The molecular formula is C5H9F3S2. The van der Waals surface area contributed by atoms with Crippen LogP contribution >= 0.6 is 21.6 Å². The van der Waals surface area contributed by atoms with Gasteiger partial charge in [-0.1, -0.05) is 28.5 Å². The zero-order valence-electron chi connectivity index (χ0n) is 5.73. The summed E-state index contributed by atoms with van der Waals surface area (Å²) in [5.41, 5.74) is 0. The molecule has 0 aromatic rings. The average Bonchev–Trinajstić information content (AvgIpc) is 1.59. The van der Waals surface area contributed by atoms with Gasteiger partial charge in [-0.05, 0) is 6.26 Å². The SMILES string of the molecule is CSSC(C)CC(F)(F)F. The fourth-order valence-corrected chi connectivity index (χ4v) is 2.30. The van der Waals surface area contributed by atoms with Gasteiger partial charge in [0.05, 0.1) is 6.42 Å². The maximum atomic E-state index is 11.6. The van der Waals surface area contributed by atoms with Gasteiger partial charge in [0.1, 0.15) is 0 Å². The molecule has 10 heavy (non-hydrogen) atoms. The zero-order chi connectivity index (χ0) is 8.20. The molecule has 0 nitrogen and oxygen atoms in total. The molecule has 0 N–H and O–H groups in total. The van der Waals surface area contributed by atoms with Crippen LogP contribution in [0.3, 0.4) is 0 Å². The molecule has 0 aliphatic carbocycles. The van der Waals surface area contributed by atoms with Gasteiger partial charge in [-0.15, -0.1) is 0 Å². The van der Waals surface area contributed by atoms with Gasteiger partial charge in [0.2, 0.25) is 0 Å². The molecule has 0 aromatic carbocycles. The third kappa shape index (κ3) is 6.61. The maximum absolute atomic E-state index is 11.6. The van der Waals surface area contributed by atoms with Gasteiger partial charge in [-0.25, -0.2) is 0 Å². The molecule has 0 saturated carbocycles. The van der Waals surface area contributed by atoms with Gasteiger partial charge in [0.15, 0.2) is 0 Å². The van der Waals surface area contributed by atoms with E-state index in [1.54, 1.807) is 13.2 Å². The van der Waals surface area contributed by atoms with E-state index in [9.17, 15) is 13.2 Å². The van der Waals surface area contributed by atoms with Gasteiger partial charge in [0.25, 0.3) is 0 Å². The molecule has 0 aliphatic rings. The first-order valence-electron chi connectivity index (χ1n) is 2.72. The Kier molecular flexibility index (Phi) is 4.60. The van der Waals surface area contributed by atoms with Gasteiger partial charge < -0.3 is 0 Å². The molecule has 5 heteroatoms. The Hall–Kier alpha value is 0.490. The van der Waals surface area contributed by atoms with E-state index in [0.717, 1.165) is 0 Å². The van der Waals surface area contributed by atoms with Crippen molar-refractivity contribution in [1.29, 1.82) is 0 Å². The molecule has 0 amide bonds. The van der Waals surface area contributed by atoms with Gasteiger partial charge in [-0.3, -0.25) is 0 Å². The van der Waals surface area contributed by atoms with Gasteiger partial charge in [-0.2, -0.15) is 13.2 Å². The first kappa shape index (κ1) is 10.5. The molecule has 0 aromatic heterocycles. The number of alkyl halides is 3. The lowest BCUT2D eigenvalue weighted by atomic mass is 10.3. The van der Waals surface area contributed by atoms with Crippen LogP contribution in [0.1, 0.15) is 13.3 Å². The van der Waals surface area contributed by atoms with Crippen molar-refractivity contribution in [2.75, 3.05) is 6.26 Å². The van der Waals surface area contributed by atoms with Crippen molar-refractivity contribution in [3.05, 3.63) is 0 Å². The highest BCUT2D eigenvalue weighted by molar-refractivity contribution is 8.76. The number of rotatable bonds is 3. The van der Waals surface area contributed by atoms with E-state index < -0.39 is 12.6 Å². The Morgan fingerprint density at radius 3 is 2.20 bits per heavy atom. The van der Waals surface area contributed by atoms with E-state index in [2.05, 4.69) is 0 Å². The Balaban J connectivity index is 3.47. The Labute approximate surface area is 66.3 Å². The lowest BCUT2D eigenvalue weighted by Gasteiger charge is -2.10. The van der Waals surface area contributed by atoms with Crippen LogP contribution in [0.25, 0.3) is 0 Å². The minimum absolute atomic E-state index is 0.338. The van der Waals surface area contributed by atoms with E-state index >= 15 is 0 Å². The summed E-state index contributed by atoms with van der Waals surface area (Å²) < 4.78 is 34.8. The number of hydrogen-bond acceptors (Lipinski definition) is 2. The Morgan fingerprint density at radius 2 is 1.90 bits per heavy atom. The molecule has 0 radical (unpaired) electrons. The molecule has 0 heterocycles. The lowest BCUT2D eigenvalue weighted by molar-refractivity contribution is -0.133. The molecule has 0 aliphatic heterocycles. The topological polar surface area (TPSA) is 0 Å². The summed E-state index contributed by atoms with van der Waals surface area (Å²) in [4.78, 5) is 0. The van der Waals surface area contributed by atoms with E-state index in [0.29, 0.717) is 0 Å². The van der Waals surface area contributed by atoms with Crippen LogP contribution in [0.4, 0.5) is 13.2 Å². The van der Waals surface area contributed by atoms with E-state index in [-0.39, 0.29) is 5.25 Å². The largest absolute Gasteiger partial charge is 0.390 e. The van der Waals surface area contributed by atoms with Gasteiger partial charge >= 0.3 is 6.18 Å². The summed E-state index contributed by atoms with van der Waals surface area (Å²) in [6.45, 7) is 1.58. The zero-order valence-corrected chi connectivity index (χ0v) is 7.37. The van der Waals surface area contributed by atoms with Crippen LogP contribution in [0, 0.1) is 0 Å². The van der Waals surface area contributed by atoms with E-state index in [1.807, 2.05) is 0 Å². The number of halogens is 3. The summed E-state index contributed by atoms with van der Waals surface area (Å²) in [6.07, 6.45) is -2.93. The quantitative estimate of drug-likeness (QED) is 0.626. The second-order valence-electron chi connectivity index (χ2n) is 1.89. The molecule has 0 fully saturated rings. The Bertz CT molecular complexity index is 91.4. The highest BCUT2D eigenvalue weighted by Gasteiger charge is 2.29. The van der Waals surface area contributed by atoms with Crippen LogP contribution in [0.5, 0.6) is 0 Å². The number of hydrogen-bond donors (Lipinski definition) is 0. The molecule has 0 bridgehead atoms. The molecule has 62 valence electrons. The smallest absolute Gasteiger partial charge is 0.171 e. The standard InChI is InChI=1S/C5H9F3S2/c1-4(10-9-2)3-5(6,7)8/h4H,3H2,1-2H3. The second kappa shape index (κ2) is 4.38. The monoisotopic (exact) mass is 190 g/mol. The summed E-state index contributed by atoms with van der Waals surface area (Å²) in [5.74, 6) is 0.